The maximum Gasteiger partial charge on any atom is 0.270 e. The molecule has 0 saturated heterocycles. The Morgan fingerprint density at radius 3 is 2.49 bits per heavy atom. The molecule has 1 heterocycles. The average Bonchev–Trinajstić information content (AvgIpc) is 3.38. The zero-order valence-corrected chi connectivity index (χ0v) is 20.2. The lowest BCUT2D eigenvalue weighted by atomic mass is 9.78. The number of rotatable bonds is 6. The number of para-hydroxylation sites is 1. The predicted octanol–water partition coefficient (Wildman–Crippen LogP) is 6.89. The standard InChI is InChI=1S/C30H31N3O2/c1-21-8-6-13-28(22(21)2)32-30(34)29-19-31-20-33(29)25-10-7-9-24(18-25)23-14-16-27(17-15-23)35-26-11-4-3-5-12-26/h3-5,7,9-12,14-22,28H,6,8,13H2,1-2H3,(H,32,34). The second kappa shape index (κ2) is 10.2. The van der Waals surface area contributed by atoms with Crippen LogP contribution in [-0.4, -0.2) is 21.5 Å². The Bertz CT molecular complexity index is 1280. The highest BCUT2D eigenvalue weighted by atomic mass is 16.5. The Hall–Kier alpha value is -3.86. The van der Waals surface area contributed by atoms with Gasteiger partial charge in [0, 0.05) is 11.7 Å². The number of imidazole rings is 1. The highest BCUT2D eigenvalue weighted by Crippen LogP contribution is 2.30. The van der Waals surface area contributed by atoms with E-state index in [4.69, 9.17) is 4.74 Å². The van der Waals surface area contributed by atoms with Crippen LogP contribution in [0.4, 0.5) is 0 Å². The van der Waals surface area contributed by atoms with Crippen LogP contribution < -0.4 is 10.1 Å². The Morgan fingerprint density at radius 1 is 0.914 bits per heavy atom. The molecule has 1 amide bonds. The number of nitrogens with one attached hydrogen (secondary N) is 1. The third kappa shape index (κ3) is 5.14. The summed E-state index contributed by atoms with van der Waals surface area (Å²) in [6, 6.07) is 26.1. The number of carbonyl (C=O) groups excluding carboxylic acids is 1. The lowest BCUT2D eigenvalue weighted by molar-refractivity contribution is 0.0884. The van der Waals surface area contributed by atoms with E-state index in [1.54, 1.807) is 12.5 Å². The van der Waals surface area contributed by atoms with Gasteiger partial charge in [-0.3, -0.25) is 9.36 Å². The van der Waals surface area contributed by atoms with E-state index in [0.717, 1.165) is 41.2 Å². The van der Waals surface area contributed by atoms with Gasteiger partial charge < -0.3 is 10.1 Å². The Kier molecular flexibility index (Phi) is 6.66. The molecule has 0 radical (unpaired) electrons. The fourth-order valence-corrected chi connectivity index (χ4v) is 4.87. The van der Waals surface area contributed by atoms with Gasteiger partial charge in [-0.15, -0.1) is 0 Å². The predicted molar refractivity (Wildman–Crippen MR) is 139 cm³/mol. The van der Waals surface area contributed by atoms with Crippen LogP contribution in [0.15, 0.2) is 91.4 Å². The van der Waals surface area contributed by atoms with Gasteiger partial charge in [-0.1, -0.05) is 69.2 Å². The van der Waals surface area contributed by atoms with E-state index < -0.39 is 0 Å². The first-order valence-electron chi connectivity index (χ1n) is 12.4. The minimum absolute atomic E-state index is 0.0683. The monoisotopic (exact) mass is 465 g/mol. The smallest absolute Gasteiger partial charge is 0.270 e. The second-order valence-corrected chi connectivity index (χ2v) is 9.49. The fourth-order valence-electron chi connectivity index (χ4n) is 4.87. The van der Waals surface area contributed by atoms with Crippen molar-refractivity contribution in [2.45, 2.75) is 39.2 Å². The molecule has 1 aliphatic carbocycles. The summed E-state index contributed by atoms with van der Waals surface area (Å²) >= 11 is 0. The first-order valence-corrected chi connectivity index (χ1v) is 12.4. The van der Waals surface area contributed by atoms with Crippen LogP contribution in [0.3, 0.4) is 0 Å². The minimum atomic E-state index is -0.0683. The molecule has 1 aliphatic rings. The van der Waals surface area contributed by atoms with E-state index in [9.17, 15) is 4.79 Å². The number of amides is 1. The molecule has 5 nitrogen and oxygen atoms in total. The quantitative estimate of drug-likeness (QED) is 0.337. The largest absolute Gasteiger partial charge is 0.457 e. The molecule has 3 aromatic carbocycles. The molecule has 5 rings (SSSR count). The molecular weight excluding hydrogens is 434 g/mol. The SMILES string of the molecule is CC1CCCC(NC(=O)c2cncn2-c2cccc(-c3ccc(Oc4ccccc4)cc3)c2)C1C. The van der Waals surface area contributed by atoms with E-state index in [0.29, 0.717) is 17.5 Å². The summed E-state index contributed by atoms with van der Waals surface area (Å²) in [7, 11) is 0. The molecule has 3 unspecified atom stereocenters. The number of benzene rings is 3. The highest BCUT2D eigenvalue weighted by Gasteiger charge is 2.29. The summed E-state index contributed by atoms with van der Waals surface area (Å²) in [6.07, 6.45) is 6.78. The molecule has 1 aromatic heterocycles. The van der Waals surface area contributed by atoms with Crippen molar-refractivity contribution in [3.8, 4) is 28.3 Å². The summed E-state index contributed by atoms with van der Waals surface area (Å²) in [5.74, 6) is 2.63. The second-order valence-electron chi connectivity index (χ2n) is 9.49. The molecule has 3 atom stereocenters. The fraction of sp³-hybridized carbons (Fsp3) is 0.267. The Balaban J connectivity index is 1.33. The minimum Gasteiger partial charge on any atom is -0.457 e. The number of ether oxygens (including phenoxy) is 1. The third-order valence-corrected chi connectivity index (χ3v) is 7.19. The van der Waals surface area contributed by atoms with Gasteiger partial charge in [0.1, 0.15) is 17.2 Å². The van der Waals surface area contributed by atoms with Crippen molar-refractivity contribution in [2.75, 3.05) is 0 Å². The zero-order valence-electron chi connectivity index (χ0n) is 20.2. The third-order valence-electron chi connectivity index (χ3n) is 7.19. The molecule has 0 bridgehead atoms. The Morgan fingerprint density at radius 2 is 1.69 bits per heavy atom. The number of carbonyl (C=O) groups is 1. The van der Waals surface area contributed by atoms with Crippen LogP contribution >= 0.6 is 0 Å². The van der Waals surface area contributed by atoms with Crippen molar-refractivity contribution in [3.05, 3.63) is 97.1 Å². The summed E-state index contributed by atoms with van der Waals surface area (Å²) in [5.41, 5.74) is 3.59. The van der Waals surface area contributed by atoms with Crippen LogP contribution in [0.2, 0.25) is 0 Å². The van der Waals surface area contributed by atoms with Crippen molar-refractivity contribution < 1.29 is 9.53 Å². The van der Waals surface area contributed by atoms with Gasteiger partial charge in [-0.2, -0.15) is 0 Å². The first kappa shape index (κ1) is 22.9. The molecule has 178 valence electrons. The molecule has 0 aliphatic heterocycles. The summed E-state index contributed by atoms with van der Waals surface area (Å²) < 4.78 is 7.78. The normalized spacial score (nSPS) is 19.8. The molecule has 4 aromatic rings. The van der Waals surface area contributed by atoms with E-state index in [1.807, 2.05) is 71.3 Å². The molecule has 1 saturated carbocycles. The number of hydrogen-bond donors (Lipinski definition) is 1. The molecule has 1 fully saturated rings. The molecular formula is C30H31N3O2. The molecule has 35 heavy (non-hydrogen) atoms. The van der Waals surface area contributed by atoms with Crippen molar-refractivity contribution in [1.82, 2.24) is 14.9 Å². The molecule has 5 heteroatoms. The summed E-state index contributed by atoms with van der Waals surface area (Å²) in [5, 5.41) is 3.27. The lowest BCUT2D eigenvalue weighted by Crippen LogP contribution is -2.44. The highest BCUT2D eigenvalue weighted by molar-refractivity contribution is 5.93. The molecule has 1 N–H and O–H groups in total. The zero-order chi connectivity index (χ0) is 24.2. The lowest BCUT2D eigenvalue weighted by Gasteiger charge is -2.34. The maximum atomic E-state index is 13.2. The van der Waals surface area contributed by atoms with E-state index in [-0.39, 0.29) is 11.9 Å². The van der Waals surface area contributed by atoms with Crippen molar-refractivity contribution in [1.29, 1.82) is 0 Å². The van der Waals surface area contributed by atoms with Gasteiger partial charge in [0.15, 0.2) is 0 Å². The number of aromatic nitrogens is 2. The summed E-state index contributed by atoms with van der Waals surface area (Å²) in [6.45, 7) is 4.52. The van der Waals surface area contributed by atoms with Crippen molar-refractivity contribution in [2.24, 2.45) is 11.8 Å². The van der Waals surface area contributed by atoms with E-state index >= 15 is 0 Å². The molecule has 0 spiro atoms. The van der Waals surface area contributed by atoms with Crippen LogP contribution in [0.1, 0.15) is 43.6 Å². The van der Waals surface area contributed by atoms with Crippen LogP contribution in [0.5, 0.6) is 11.5 Å². The number of hydrogen-bond acceptors (Lipinski definition) is 3. The van der Waals surface area contributed by atoms with Crippen molar-refractivity contribution in [3.63, 3.8) is 0 Å². The number of nitrogens with zero attached hydrogens (tertiary/aromatic N) is 2. The first-order chi connectivity index (χ1) is 17.1. The maximum absolute atomic E-state index is 13.2. The van der Waals surface area contributed by atoms with Crippen molar-refractivity contribution >= 4 is 5.91 Å². The van der Waals surface area contributed by atoms with E-state index in [2.05, 4.69) is 36.3 Å². The topological polar surface area (TPSA) is 56.2 Å². The van der Waals surface area contributed by atoms with Crippen LogP contribution in [0.25, 0.3) is 16.8 Å². The van der Waals surface area contributed by atoms with Gasteiger partial charge in [-0.05, 0) is 65.8 Å². The van der Waals surface area contributed by atoms with Gasteiger partial charge >= 0.3 is 0 Å². The van der Waals surface area contributed by atoms with Gasteiger partial charge in [0.05, 0.1) is 12.5 Å². The van der Waals surface area contributed by atoms with Gasteiger partial charge in [0.2, 0.25) is 0 Å². The van der Waals surface area contributed by atoms with Crippen LogP contribution in [0, 0.1) is 11.8 Å². The average molecular weight is 466 g/mol. The Labute approximate surface area is 206 Å². The van der Waals surface area contributed by atoms with Crippen LogP contribution in [-0.2, 0) is 0 Å². The summed E-state index contributed by atoms with van der Waals surface area (Å²) in [4.78, 5) is 17.5. The van der Waals surface area contributed by atoms with Gasteiger partial charge in [0.25, 0.3) is 5.91 Å². The van der Waals surface area contributed by atoms with E-state index in [1.165, 1.54) is 6.42 Å². The van der Waals surface area contributed by atoms with Gasteiger partial charge in [-0.25, -0.2) is 4.98 Å².